The number of ether oxygens (including phenoxy) is 1. The van der Waals surface area contributed by atoms with Crippen LogP contribution in [0.4, 0.5) is 5.69 Å². The Morgan fingerprint density at radius 3 is 2.73 bits per heavy atom. The third-order valence-corrected chi connectivity index (χ3v) is 5.18. The molecule has 0 radical (unpaired) electrons. The number of amides is 1. The minimum absolute atomic E-state index is 0.0726. The maximum absolute atomic E-state index is 12.8. The van der Waals surface area contributed by atoms with Crippen LogP contribution in [0.1, 0.15) is 36.4 Å². The van der Waals surface area contributed by atoms with Crippen molar-refractivity contribution in [2.45, 2.75) is 38.0 Å². The van der Waals surface area contributed by atoms with E-state index in [1.807, 2.05) is 48.5 Å². The summed E-state index contributed by atoms with van der Waals surface area (Å²) in [6.45, 7) is 1.06. The maximum Gasteiger partial charge on any atom is 0.308 e. The van der Waals surface area contributed by atoms with Gasteiger partial charge >= 0.3 is 5.97 Å². The van der Waals surface area contributed by atoms with Gasteiger partial charge in [-0.15, -0.1) is 0 Å². The Labute approximate surface area is 153 Å². The summed E-state index contributed by atoms with van der Waals surface area (Å²) < 4.78 is 5.40. The third kappa shape index (κ3) is 3.35. The summed E-state index contributed by atoms with van der Waals surface area (Å²) in [7, 11) is 0. The van der Waals surface area contributed by atoms with Gasteiger partial charge in [-0.05, 0) is 36.6 Å². The molecule has 2 aliphatic heterocycles. The molecule has 134 valence electrons. The Morgan fingerprint density at radius 1 is 1.12 bits per heavy atom. The lowest BCUT2D eigenvalue weighted by molar-refractivity contribution is -0.148. The number of nitrogens with zero attached hydrogens (tertiary/aromatic N) is 1. The standard InChI is InChI=1S/C21H22N2O3/c24-20(26-14-15-7-2-1-3-8-15)13-19-21(25)22-17-10-5-4-9-16(17)18-11-6-12-23(18)19/h1-5,7-10,18-19H,6,11-14H2,(H,22,25)/t18?,19-/m0/s1. The zero-order valence-corrected chi connectivity index (χ0v) is 14.6. The highest BCUT2D eigenvalue weighted by Gasteiger charge is 2.40. The molecule has 0 spiro atoms. The Bertz CT molecular complexity index is 806. The number of hydrogen-bond donors (Lipinski definition) is 1. The highest BCUT2D eigenvalue weighted by molar-refractivity contribution is 5.98. The molecule has 0 aliphatic carbocycles. The second kappa shape index (κ2) is 7.30. The van der Waals surface area contributed by atoms with Crippen LogP contribution < -0.4 is 5.32 Å². The van der Waals surface area contributed by atoms with Crippen molar-refractivity contribution in [2.24, 2.45) is 0 Å². The van der Waals surface area contributed by atoms with Crippen molar-refractivity contribution in [2.75, 3.05) is 11.9 Å². The number of nitrogens with one attached hydrogen (secondary N) is 1. The molecule has 0 saturated carbocycles. The molecular weight excluding hydrogens is 328 g/mol. The van der Waals surface area contributed by atoms with E-state index in [0.717, 1.165) is 36.2 Å². The Morgan fingerprint density at radius 2 is 1.88 bits per heavy atom. The number of anilines is 1. The summed E-state index contributed by atoms with van der Waals surface area (Å²) in [5.74, 6) is -0.468. The number of fused-ring (bicyclic) bond motifs is 3. The molecule has 2 heterocycles. The van der Waals surface area contributed by atoms with Crippen LogP contribution in [-0.4, -0.2) is 29.4 Å². The number of hydrogen-bond acceptors (Lipinski definition) is 4. The normalized spacial score (nSPS) is 22.1. The first kappa shape index (κ1) is 16.8. The fourth-order valence-corrected chi connectivity index (χ4v) is 3.93. The predicted octanol–water partition coefficient (Wildman–Crippen LogP) is 3.28. The minimum atomic E-state index is -0.488. The second-order valence-corrected chi connectivity index (χ2v) is 6.84. The number of esters is 1. The smallest absolute Gasteiger partial charge is 0.308 e. The summed E-state index contributed by atoms with van der Waals surface area (Å²) in [4.78, 5) is 27.3. The van der Waals surface area contributed by atoms with E-state index in [-0.39, 0.29) is 30.9 Å². The molecule has 4 rings (SSSR count). The third-order valence-electron chi connectivity index (χ3n) is 5.18. The fraction of sp³-hybridized carbons (Fsp3) is 0.333. The minimum Gasteiger partial charge on any atom is -0.461 e. The monoisotopic (exact) mass is 350 g/mol. The summed E-state index contributed by atoms with van der Waals surface area (Å²) in [5, 5.41) is 2.99. The number of rotatable bonds is 4. The quantitative estimate of drug-likeness (QED) is 0.860. The number of benzene rings is 2. The molecule has 2 aromatic rings. The van der Waals surface area contributed by atoms with E-state index < -0.39 is 6.04 Å². The Hall–Kier alpha value is -2.66. The summed E-state index contributed by atoms with van der Waals surface area (Å²) >= 11 is 0. The molecule has 5 nitrogen and oxygen atoms in total. The maximum atomic E-state index is 12.8. The van der Waals surface area contributed by atoms with E-state index in [0.29, 0.717) is 0 Å². The zero-order chi connectivity index (χ0) is 17.9. The molecule has 1 unspecified atom stereocenters. The van der Waals surface area contributed by atoms with Gasteiger partial charge in [0.15, 0.2) is 0 Å². The second-order valence-electron chi connectivity index (χ2n) is 6.84. The van der Waals surface area contributed by atoms with Gasteiger partial charge in [0.2, 0.25) is 5.91 Å². The van der Waals surface area contributed by atoms with Crippen LogP contribution >= 0.6 is 0 Å². The van der Waals surface area contributed by atoms with Gasteiger partial charge in [0.25, 0.3) is 0 Å². The molecule has 1 amide bonds. The van der Waals surface area contributed by atoms with Crippen LogP contribution in [0.5, 0.6) is 0 Å². The summed E-state index contributed by atoms with van der Waals surface area (Å²) in [5.41, 5.74) is 2.94. The first-order chi connectivity index (χ1) is 12.7. The van der Waals surface area contributed by atoms with Crippen LogP contribution in [0.3, 0.4) is 0 Å². The number of carbonyl (C=O) groups is 2. The summed E-state index contributed by atoms with van der Waals surface area (Å²) in [6, 6.07) is 17.2. The lowest BCUT2D eigenvalue weighted by Gasteiger charge is -2.28. The van der Waals surface area contributed by atoms with Crippen molar-refractivity contribution in [3.63, 3.8) is 0 Å². The molecule has 0 aromatic heterocycles. The van der Waals surface area contributed by atoms with Gasteiger partial charge in [0.1, 0.15) is 12.6 Å². The lowest BCUT2D eigenvalue weighted by Crippen LogP contribution is -2.43. The van der Waals surface area contributed by atoms with Gasteiger partial charge in [0, 0.05) is 11.7 Å². The van der Waals surface area contributed by atoms with Crippen LogP contribution in [-0.2, 0) is 20.9 Å². The Balaban J connectivity index is 1.48. The van der Waals surface area contributed by atoms with E-state index in [1.54, 1.807) is 0 Å². The van der Waals surface area contributed by atoms with Crippen molar-refractivity contribution in [1.29, 1.82) is 0 Å². The van der Waals surface area contributed by atoms with Crippen LogP contribution in [0, 0.1) is 0 Å². The van der Waals surface area contributed by atoms with Crippen LogP contribution in [0.25, 0.3) is 0 Å². The lowest BCUT2D eigenvalue weighted by atomic mass is 10.0. The zero-order valence-electron chi connectivity index (χ0n) is 14.6. The van der Waals surface area contributed by atoms with E-state index in [2.05, 4.69) is 16.3 Å². The molecule has 1 saturated heterocycles. The SMILES string of the molecule is O=C(C[C@H]1C(=O)Nc2ccccc2C2CCCN21)OCc1ccccc1. The molecule has 2 atom stereocenters. The van der Waals surface area contributed by atoms with Gasteiger partial charge in [-0.1, -0.05) is 48.5 Å². The highest BCUT2D eigenvalue weighted by atomic mass is 16.5. The van der Waals surface area contributed by atoms with Crippen molar-refractivity contribution >= 4 is 17.6 Å². The van der Waals surface area contributed by atoms with Gasteiger partial charge in [-0.2, -0.15) is 0 Å². The van der Waals surface area contributed by atoms with Gasteiger partial charge < -0.3 is 10.1 Å². The first-order valence-electron chi connectivity index (χ1n) is 9.07. The van der Waals surface area contributed by atoms with Crippen LogP contribution in [0.2, 0.25) is 0 Å². The molecular formula is C21H22N2O3. The Kier molecular flexibility index (Phi) is 4.71. The van der Waals surface area contributed by atoms with Gasteiger partial charge in [-0.25, -0.2) is 0 Å². The largest absolute Gasteiger partial charge is 0.461 e. The average Bonchev–Trinajstić information content (AvgIpc) is 3.11. The molecule has 0 bridgehead atoms. The molecule has 5 heteroatoms. The van der Waals surface area contributed by atoms with E-state index in [9.17, 15) is 9.59 Å². The van der Waals surface area contributed by atoms with Gasteiger partial charge in [0.05, 0.1) is 6.42 Å². The summed E-state index contributed by atoms with van der Waals surface area (Å²) in [6.07, 6.45) is 2.10. The van der Waals surface area contributed by atoms with Gasteiger partial charge in [-0.3, -0.25) is 14.5 Å². The topological polar surface area (TPSA) is 58.6 Å². The average molecular weight is 350 g/mol. The van der Waals surface area contributed by atoms with E-state index in [1.165, 1.54) is 0 Å². The number of carbonyl (C=O) groups excluding carboxylic acids is 2. The van der Waals surface area contributed by atoms with Crippen molar-refractivity contribution < 1.29 is 14.3 Å². The highest BCUT2D eigenvalue weighted by Crippen LogP contribution is 2.40. The predicted molar refractivity (Wildman–Crippen MR) is 98.4 cm³/mol. The number of para-hydroxylation sites is 1. The molecule has 1 N–H and O–H groups in total. The van der Waals surface area contributed by atoms with Crippen molar-refractivity contribution in [3.8, 4) is 0 Å². The molecule has 2 aliphatic rings. The molecule has 26 heavy (non-hydrogen) atoms. The van der Waals surface area contributed by atoms with Crippen LogP contribution in [0.15, 0.2) is 54.6 Å². The molecule has 1 fully saturated rings. The van der Waals surface area contributed by atoms with Crippen molar-refractivity contribution in [3.05, 3.63) is 65.7 Å². The van der Waals surface area contributed by atoms with Crippen molar-refractivity contribution in [1.82, 2.24) is 4.90 Å². The van der Waals surface area contributed by atoms with E-state index >= 15 is 0 Å². The fourth-order valence-electron chi connectivity index (χ4n) is 3.93. The van der Waals surface area contributed by atoms with E-state index in [4.69, 9.17) is 4.74 Å². The molecule has 2 aromatic carbocycles. The first-order valence-corrected chi connectivity index (χ1v) is 9.07.